The quantitative estimate of drug-likeness (QED) is 0.269. The van der Waals surface area contributed by atoms with Crippen LogP contribution in [0, 0.1) is 0 Å². The number of hydrogen-bond donors (Lipinski definition) is 0. The van der Waals surface area contributed by atoms with Crippen LogP contribution in [-0.4, -0.2) is 29.7 Å². The van der Waals surface area contributed by atoms with Gasteiger partial charge in [0, 0.05) is 17.5 Å². The van der Waals surface area contributed by atoms with Crippen molar-refractivity contribution in [3.63, 3.8) is 0 Å². The average molecular weight is 568 g/mol. The number of rotatable bonds is 5. The lowest BCUT2D eigenvalue weighted by atomic mass is 9.96. The van der Waals surface area contributed by atoms with Crippen molar-refractivity contribution in [3.05, 3.63) is 127 Å². The highest BCUT2D eigenvalue weighted by Crippen LogP contribution is 2.35. The summed E-state index contributed by atoms with van der Waals surface area (Å²) in [4.78, 5) is 48.8. The molecule has 0 fully saturated rings. The molecular weight excluding hydrogens is 542 g/mol. The second-order valence-electron chi connectivity index (χ2n) is 9.49. The molecule has 0 aliphatic carbocycles. The summed E-state index contributed by atoms with van der Waals surface area (Å²) >= 11 is 2.78. The first-order chi connectivity index (χ1) is 19.4. The molecule has 200 valence electrons. The SMILES string of the molecule is CSc1ccc(C2C(C(=O)OCc3ccccc3)=C(C)N=c3sc(=C4C(=O)N(C)c5ccccc54)c(=O)n32)cc1. The van der Waals surface area contributed by atoms with Crippen LogP contribution in [0.5, 0.6) is 0 Å². The number of hydrogen-bond acceptors (Lipinski definition) is 7. The number of esters is 1. The smallest absolute Gasteiger partial charge is 0.338 e. The van der Waals surface area contributed by atoms with E-state index < -0.39 is 12.0 Å². The molecule has 1 aromatic heterocycles. The molecule has 0 spiro atoms. The number of fused-ring (bicyclic) bond motifs is 2. The fourth-order valence-electron chi connectivity index (χ4n) is 5.12. The Labute approximate surface area is 238 Å². The van der Waals surface area contributed by atoms with Gasteiger partial charge in [-0.3, -0.25) is 14.2 Å². The van der Waals surface area contributed by atoms with Gasteiger partial charge in [-0.1, -0.05) is 72.0 Å². The molecule has 2 aliphatic rings. The average Bonchev–Trinajstić information content (AvgIpc) is 3.43. The number of allylic oxidation sites excluding steroid dienone is 1. The molecule has 3 heterocycles. The number of ether oxygens (including phenoxy) is 1. The monoisotopic (exact) mass is 567 g/mol. The Bertz CT molecular complexity index is 1870. The third-order valence-electron chi connectivity index (χ3n) is 7.14. The number of nitrogens with zero attached hydrogens (tertiary/aromatic N) is 3. The number of aromatic nitrogens is 1. The fourth-order valence-corrected chi connectivity index (χ4v) is 6.67. The summed E-state index contributed by atoms with van der Waals surface area (Å²) in [5.41, 5.74) is 3.84. The first kappa shape index (κ1) is 26.0. The van der Waals surface area contributed by atoms with Crippen molar-refractivity contribution in [3.8, 4) is 0 Å². The molecule has 0 N–H and O–H groups in total. The third-order valence-corrected chi connectivity index (χ3v) is 8.94. The Morgan fingerprint density at radius 3 is 2.42 bits per heavy atom. The molecule has 0 radical (unpaired) electrons. The largest absolute Gasteiger partial charge is 0.457 e. The van der Waals surface area contributed by atoms with E-state index in [9.17, 15) is 14.4 Å². The van der Waals surface area contributed by atoms with Gasteiger partial charge < -0.3 is 9.64 Å². The summed E-state index contributed by atoms with van der Waals surface area (Å²) in [6, 6.07) is 23.9. The minimum atomic E-state index is -0.755. The van der Waals surface area contributed by atoms with E-state index in [1.807, 2.05) is 85.1 Å². The van der Waals surface area contributed by atoms with E-state index in [0.717, 1.165) is 21.7 Å². The normalized spacial score (nSPS) is 17.4. The number of anilines is 1. The summed E-state index contributed by atoms with van der Waals surface area (Å²) in [5, 5.41) is 0. The van der Waals surface area contributed by atoms with Crippen LogP contribution < -0.4 is 19.8 Å². The van der Waals surface area contributed by atoms with Crippen molar-refractivity contribution >= 4 is 46.2 Å². The number of thioether (sulfide) groups is 1. The highest BCUT2D eigenvalue weighted by Gasteiger charge is 2.36. The van der Waals surface area contributed by atoms with Crippen LogP contribution in [0.25, 0.3) is 5.57 Å². The highest BCUT2D eigenvalue weighted by molar-refractivity contribution is 7.98. The zero-order chi connectivity index (χ0) is 28.0. The second kappa shape index (κ2) is 10.4. The van der Waals surface area contributed by atoms with Gasteiger partial charge in [-0.2, -0.15) is 0 Å². The predicted molar refractivity (Wildman–Crippen MR) is 157 cm³/mol. The first-order valence-electron chi connectivity index (χ1n) is 12.7. The van der Waals surface area contributed by atoms with Crippen molar-refractivity contribution in [2.24, 2.45) is 4.99 Å². The van der Waals surface area contributed by atoms with Gasteiger partial charge in [0.1, 0.15) is 11.1 Å². The first-order valence-corrected chi connectivity index (χ1v) is 14.7. The number of para-hydroxylation sites is 1. The number of carbonyl (C=O) groups excluding carboxylic acids is 2. The van der Waals surface area contributed by atoms with Crippen LogP contribution in [-0.2, 0) is 20.9 Å². The predicted octanol–water partition coefficient (Wildman–Crippen LogP) is 4.05. The zero-order valence-corrected chi connectivity index (χ0v) is 23.7. The molecule has 1 amide bonds. The van der Waals surface area contributed by atoms with E-state index in [0.29, 0.717) is 31.7 Å². The lowest BCUT2D eigenvalue weighted by molar-refractivity contribution is -0.140. The van der Waals surface area contributed by atoms with E-state index >= 15 is 0 Å². The molecular formula is C31H25N3O4S2. The van der Waals surface area contributed by atoms with Crippen molar-refractivity contribution < 1.29 is 14.3 Å². The Balaban J connectivity index is 1.53. The topological polar surface area (TPSA) is 81.0 Å². The molecule has 0 saturated carbocycles. The summed E-state index contributed by atoms with van der Waals surface area (Å²) in [6.07, 6.45) is 1.99. The van der Waals surface area contributed by atoms with Gasteiger partial charge in [-0.05, 0) is 42.5 Å². The van der Waals surface area contributed by atoms with Crippen LogP contribution in [0.2, 0.25) is 0 Å². The number of carbonyl (C=O) groups is 2. The van der Waals surface area contributed by atoms with Crippen molar-refractivity contribution in [2.75, 3.05) is 18.2 Å². The van der Waals surface area contributed by atoms with E-state index in [-0.39, 0.29) is 18.1 Å². The van der Waals surface area contributed by atoms with Crippen LogP contribution in [0.3, 0.4) is 0 Å². The molecule has 7 nitrogen and oxygen atoms in total. The van der Waals surface area contributed by atoms with Crippen LogP contribution in [0.1, 0.15) is 29.7 Å². The fraction of sp³-hybridized carbons (Fsp3) is 0.161. The number of benzene rings is 3. The van der Waals surface area contributed by atoms with Gasteiger partial charge >= 0.3 is 5.97 Å². The van der Waals surface area contributed by atoms with E-state index in [1.165, 1.54) is 15.9 Å². The zero-order valence-electron chi connectivity index (χ0n) is 22.1. The van der Waals surface area contributed by atoms with Crippen molar-refractivity contribution in [2.45, 2.75) is 24.5 Å². The van der Waals surface area contributed by atoms with Crippen molar-refractivity contribution in [1.82, 2.24) is 4.57 Å². The minimum absolute atomic E-state index is 0.0980. The van der Waals surface area contributed by atoms with Crippen molar-refractivity contribution in [1.29, 1.82) is 0 Å². The van der Waals surface area contributed by atoms with E-state index in [2.05, 4.69) is 4.99 Å². The van der Waals surface area contributed by atoms with Gasteiger partial charge in [-0.25, -0.2) is 9.79 Å². The number of likely N-dealkylation sites (N-methyl/N-ethyl adjacent to an activating group) is 1. The van der Waals surface area contributed by atoms with E-state index in [1.54, 1.807) is 30.6 Å². The van der Waals surface area contributed by atoms with Gasteiger partial charge in [0.15, 0.2) is 4.80 Å². The summed E-state index contributed by atoms with van der Waals surface area (Å²) in [7, 11) is 1.70. The van der Waals surface area contributed by atoms with Gasteiger partial charge in [0.25, 0.3) is 11.5 Å². The molecule has 1 unspecified atom stereocenters. The Kier molecular flexibility index (Phi) is 6.77. The molecule has 1 atom stereocenters. The Morgan fingerprint density at radius 2 is 1.70 bits per heavy atom. The maximum absolute atomic E-state index is 14.2. The van der Waals surface area contributed by atoms with Crippen LogP contribution in [0.15, 0.2) is 105 Å². The summed E-state index contributed by atoms with van der Waals surface area (Å²) in [6.45, 7) is 1.85. The van der Waals surface area contributed by atoms with Crippen LogP contribution >= 0.6 is 23.1 Å². The standard InChI is InChI=1S/C31H25N3O4S2/c1-18-24(30(37)38-17-19-9-5-4-6-10-19)26(20-13-15-21(39-3)16-14-20)34-29(36)27(40-31(34)32-18)25-22-11-7-8-12-23(22)33(2)28(25)35/h4-16,26H,17H2,1-3H3. The minimum Gasteiger partial charge on any atom is -0.457 e. The summed E-state index contributed by atoms with van der Waals surface area (Å²) < 4.78 is 7.57. The third kappa shape index (κ3) is 4.31. The lowest BCUT2D eigenvalue weighted by Crippen LogP contribution is -2.40. The maximum atomic E-state index is 14.2. The van der Waals surface area contributed by atoms with Gasteiger partial charge in [-0.15, -0.1) is 11.8 Å². The molecule has 0 bridgehead atoms. The lowest BCUT2D eigenvalue weighted by Gasteiger charge is -2.25. The molecule has 40 heavy (non-hydrogen) atoms. The Morgan fingerprint density at radius 1 is 1.00 bits per heavy atom. The Hall–Kier alpha value is -4.21. The molecule has 6 rings (SSSR count). The maximum Gasteiger partial charge on any atom is 0.338 e. The van der Waals surface area contributed by atoms with E-state index in [4.69, 9.17) is 4.74 Å². The highest BCUT2D eigenvalue weighted by atomic mass is 32.2. The molecule has 9 heteroatoms. The molecule has 0 saturated heterocycles. The van der Waals surface area contributed by atoms with Gasteiger partial charge in [0.05, 0.1) is 28.6 Å². The summed E-state index contributed by atoms with van der Waals surface area (Å²) in [5.74, 6) is -0.783. The molecule has 2 aliphatic heterocycles. The number of thiazole rings is 1. The number of amides is 1. The second-order valence-corrected chi connectivity index (χ2v) is 11.4. The molecule has 3 aromatic carbocycles. The van der Waals surface area contributed by atoms with Crippen LogP contribution in [0.4, 0.5) is 5.69 Å². The van der Waals surface area contributed by atoms with Gasteiger partial charge in [0.2, 0.25) is 0 Å². The molecule has 4 aromatic rings.